The molecule has 0 radical (unpaired) electrons. The van der Waals surface area contributed by atoms with E-state index in [2.05, 4.69) is 15.3 Å². The normalized spacial score (nSPS) is 11.7. The van der Waals surface area contributed by atoms with Gasteiger partial charge < -0.3 is 5.32 Å². The van der Waals surface area contributed by atoms with Crippen LogP contribution in [0.3, 0.4) is 0 Å². The molecule has 0 saturated carbocycles. The van der Waals surface area contributed by atoms with Crippen molar-refractivity contribution in [3.05, 3.63) is 67.0 Å². The number of nitrogens with zero attached hydrogens (tertiary/aromatic N) is 3. The first-order valence-electron chi connectivity index (χ1n) is 9.60. The maximum absolute atomic E-state index is 12.5. The monoisotopic (exact) mass is 484 g/mol. The van der Waals surface area contributed by atoms with Crippen LogP contribution in [0.2, 0.25) is 0 Å². The van der Waals surface area contributed by atoms with E-state index in [0.29, 0.717) is 5.69 Å². The zero-order valence-corrected chi connectivity index (χ0v) is 19.8. The number of anilines is 1. The van der Waals surface area contributed by atoms with Crippen LogP contribution in [0.1, 0.15) is 0 Å². The Kier molecular flexibility index (Phi) is 6.56. The van der Waals surface area contributed by atoms with Gasteiger partial charge in [0, 0.05) is 30.0 Å². The van der Waals surface area contributed by atoms with Crippen LogP contribution in [-0.4, -0.2) is 48.4 Å². The molecule has 0 saturated heterocycles. The summed E-state index contributed by atoms with van der Waals surface area (Å²) < 4.78 is 25.7. The molecule has 4 aromatic rings. The second-order valence-electron chi connectivity index (χ2n) is 7.03. The van der Waals surface area contributed by atoms with Crippen molar-refractivity contribution in [2.75, 3.05) is 25.2 Å². The van der Waals surface area contributed by atoms with E-state index < -0.39 is 10.0 Å². The summed E-state index contributed by atoms with van der Waals surface area (Å²) in [5.74, 6) is -0.118. The summed E-state index contributed by atoms with van der Waals surface area (Å²) in [5.41, 5.74) is 1.53. The van der Waals surface area contributed by atoms with E-state index in [1.54, 1.807) is 23.5 Å². The molecule has 0 aliphatic rings. The van der Waals surface area contributed by atoms with Gasteiger partial charge in [-0.05, 0) is 29.8 Å². The number of thioether (sulfide) groups is 1. The van der Waals surface area contributed by atoms with Crippen LogP contribution in [0.4, 0.5) is 5.69 Å². The Morgan fingerprint density at radius 2 is 1.84 bits per heavy atom. The summed E-state index contributed by atoms with van der Waals surface area (Å²) in [6.07, 6.45) is 1.50. The standard InChI is InChI=1S/C22H20N4O3S3/c1-26(2)32(28,29)17-10-6-9-16(11-17)25-20(27)13-30-21-18-12-19(15-7-4-3-5-8-15)31-22(18)24-14-23-21/h3-12,14H,13H2,1-2H3,(H,25,27). The highest BCUT2D eigenvalue weighted by Crippen LogP contribution is 2.36. The summed E-state index contributed by atoms with van der Waals surface area (Å²) in [6, 6.07) is 18.3. The van der Waals surface area contributed by atoms with Gasteiger partial charge in [-0.1, -0.05) is 48.2 Å². The minimum absolute atomic E-state index is 0.122. The van der Waals surface area contributed by atoms with Gasteiger partial charge in [0.05, 0.1) is 10.6 Å². The van der Waals surface area contributed by atoms with E-state index in [9.17, 15) is 13.2 Å². The molecule has 0 atom stereocenters. The van der Waals surface area contributed by atoms with Crippen LogP contribution < -0.4 is 5.32 Å². The molecular formula is C22H20N4O3S3. The third kappa shape index (κ3) is 4.83. The highest BCUT2D eigenvalue weighted by Gasteiger charge is 2.18. The van der Waals surface area contributed by atoms with E-state index in [4.69, 9.17) is 0 Å². The lowest BCUT2D eigenvalue weighted by Crippen LogP contribution is -2.22. The van der Waals surface area contributed by atoms with Crippen molar-refractivity contribution in [1.29, 1.82) is 0 Å². The van der Waals surface area contributed by atoms with Crippen molar-refractivity contribution in [3.63, 3.8) is 0 Å². The van der Waals surface area contributed by atoms with Crippen LogP contribution >= 0.6 is 23.1 Å². The van der Waals surface area contributed by atoms with Crippen molar-refractivity contribution in [2.24, 2.45) is 0 Å². The maximum atomic E-state index is 12.5. The van der Waals surface area contributed by atoms with Gasteiger partial charge in [0.2, 0.25) is 15.9 Å². The van der Waals surface area contributed by atoms with Crippen LogP contribution in [-0.2, 0) is 14.8 Å². The van der Waals surface area contributed by atoms with E-state index in [0.717, 1.165) is 30.0 Å². The first kappa shape index (κ1) is 22.4. The van der Waals surface area contributed by atoms with Crippen LogP contribution in [0.25, 0.3) is 20.7 Å². The van der Waals surface area contributed by atoms with Crippen molar-refractivity contribution < 1.29 is 13.2 Å². The fraction of sp³-hybridized carbons (Fsp3) is 0.136. The van der Waals surface area contributed by atoms with Crippen LogP contribution in [0.15, 0.2) is 76.9 Å². The maximum Gasteiger partial charge on any atom is 0.242 e. The quantitative estimate of drug-likeness (QED) is 0.310. The molecular weight excluding hydrogens is 464 g/mol. The van der Waals surface area contributed by atoms with Crippen molar-refractivity contribution in [2.45, 2.75) is 9.92 Å². The molecule has 0 spiro atoms. The number of amides is 1. The Hall–Kier alpha value is -2.79. The Morgan fingerprint density at radius 3 is 2.59 bits per heavy atom. The number of nitrogens with one attached hydrogen (secondary N) is 1. The summed E-state index contributed by atoms with van der Waals surface area (Å²) in [6.45, 7) is 0. The predicted molar refractivity (Wildman–Crippen MR) is 130 cm³/mol. The lowest BCUT2D eigenvalue weighted by molar-refractivity contribution is -0.113. The first-order chi connectivity index (χ1) is 15.3. The molecule has 0 fully saturated rings. The van der Waals surface area contributed by atoms with E-state index in [1.165, 1.54) is 44.3 Å². The molecule has 32 heavy (non-hydrogen) atoms. The lowest BCUT2D eigenvalue weighted by Gasteiger charge is -2.12. The van der Waals surface area contributed by atoms with Gasteiger partial charge >= 0.3 is 0 Å². The van der Waals surface area contributed by atoms with Gasteiger partial charge in [0.1, 0.15) is 16.2 Å². The summed E-state index contributed by atoms with van der Waals surface area (Å²) in [7, 11) is -0.643. The number of carbonyl (C=O) groups excluding carboxylic acids is 1. The molecule has 0 bridgehead atoms. The molecule has 1 amide bonds. The minimum atomic E-state index is -3.57. The highest BCUT2D eigenvalue weighted by atomic mass is 32.2. The van der Waals surface area contributed by atoms with E-state index >= 15 is 0 Å². The van der Waals surface area contributed by atoms with Crippen molar-refractivity contribution >= 4 is 54.9 Å². The van der Waals surface area contributed by atoms with E-state index in [-0.39, 0.29) is 16.6 Å². The Labute approximate surface area is 194 Å². The summed E-state index contributed by atoms with van der Waals surface area (Å²) in [5, 5.41) is 4.40. The first-order valence-corrected chi connectivity index (χ1v) is 12.8. The summed E-state index contributed by atoms with van der Waals surface area (Å²) >= 11 is 2.90. The minimum Gasteiger partial charge on any atom is -0.325 e. The number of fused-ring (bicyclic) bond motifs is 1. The van der Waals surface area contributed by atoms with Gasteiger partial charge in [0.15, 0.2) is 0 Å². The second-order valence-corrected chi connectivity index (χ2v) is 11.2. The third-order valence-electron chi connectivity index (χ3n) is 4.59. The number of carbonyl (C=O) groups is 1. The Balaban J connectivity index is 1.47. The lowest BCUT2D eigenvalue weighted by atomic mass is 10.2. The molecule has 7 nitrogen and oxygen atoms in total. The smallest absolute Gasteiger partial charge is 0.242 e. The fourth-order valence-corrected chi connectivity index (χ4v) is 5.76. The van der Waals surface area contributed by atoms with Gasteiger partial charge in [-0.25, -0.2) is 22.7 Å². The second kappa shape index (κ2) is 9.37. The van der Waals surface area contributed by atoms with Gasteiger partial charge in [-0.3, -0.25) is 4.79 Å². The average Bonchev–Trinajstić information content (AvgIpc) is 3.23. The van der Waals surface area contributed by atoms with Crippen LogP contribution in [0, 0.1) is 0 Å². The number of thiophene rings is 1. The Morgan fingerprint density at radius 1 is 1.06 bits per heavy atom. The van der Waals surface area contributed by atoms with Gasteiger partial charge in [-0.15, -0.1) is 11.3 Å². The highest BCUT2D eigenvalue weighted by molar-refractivity contribution is 8.00. The number of aromatic nitrogens is 2. The van der Waals surface area contributed by atoms with Crippen LogP contribution in [0.5, 0.6) is 0 Å². The number of sulfonamides is 1. The molecule has 4 rings (SSSR count). The summed E-state index contributed by atoms with van der Waals surface area (Å²) in [4.78, 5) is 23.3. The average molecular weight is 485 g/mol. The van der Waals surface area contributed by atoms with E-state index in [1.807, 2.05) is 36.4 Å². The SMILES string of the molecule is CN(C)S(=O)(=O)c1cccc(NC(=O)CSc2ncnc3sc(-c4ccccc4)cc23)c1. The topological polar surface area (TPSA) is 92.3 Å². The predicted octanol–water partition coefficient (Wildman–Crippen LogP) is 4.34. The zero-order chi connectivity index (χ0) is 22.7. The number of hydrogen-bond acceptors (Lipinski definition) is 7. The molecule has 2 aromatic carbocycles. The molecule has 164 valence electrons. The third-order valence-corrected chi connectivity index (χ3v) is 8.50. The molecule has 1 N–H and O–H groups in total. The molecule has 2 aromatic heterocycles. The largest absolute Gasteiger partial charge is 0.325 e. The fourth-order valence-electron chi connectivity index (χ4n) is 2.97. The van der Waals surface area contributed by atoms with Gasteiger partial charge in [0.25, 0.3) is 0 Å². The molecule has 0 unspecified atom stereocenters. The zero-order valence-electron chi connectivity index (χ0n) is 17.3. The molecule has 0 aliphatic heterocycles. The molecule has 2 heterocycles. The number of benzene rings is 2. The number of rotatable bonds is 7. The van der Waals surface area contributed by atoms with Crippen molar-refractivity contribution in [1.82, 2.24) is 14.3 Å². The molecule has 0 aliphatic carbocycles. The van der Waals surface area contributed by atoms with Gasteiger partial charge in [-0.2, -0.15) is 0 Å². The van der Waals surface area contributed by atoms with Crippen molar-refractivity contribution in [3.8, 4) is 10.4 Å². The number of hydrogen-bond donors (Lipinski definition) is 1. The Bertz CT molecular complexity index is 1370. The molecule has 10 heteroatoms.